The third kappa shape index (κ3) is 3.39. The Labute approximate surface area is 224 Å². The number of hydrogen-bond acceptors (Lipinski definition) is 9. The first-order valence-corrected chi connectivity index (χ1v) is 15.0. The fourth-order valence-corrected chi connectivity index (χ4v) is 10.9. The van der Waals surface area contributed by atoms with E-state index in [1.807, 2.05) is 0 Å². The summed E-state index contributed by atoms with van der Waals surface area (Å²) < 4.78 is 24.7. The van der Waals surface area contributed by atoms with Crippen LogP contribution in [0.4, 0.5) is 0 Å². The second kappa shape index (κ2) is 8.84. The molecule has 0 amide bonds. The minimum Gasteiger partial charge on any atom is -0.435 e. The maximum Gasteiger partial charge on any atom is 0.308 e. The first-order chi connectivity index (χ1) is 18.1. The van der Waals surface area contributed by atoms with Gasteiger partial charge >= 0.3 is 5.97 Å². The maximum absolute atomic E-state index is 12.2. The third-order valence-corrected chi connectivity index (χ3v) is 12.9. The number of rotatable bonds is 3. The van der Waals surface area contributed by atoms with Crippen LogP contribution in [-0.4, -0.2) is 76.5 Å². The lowest BCUT2D eigenvalue weighted by Crippen LogP contribution is -2.67. The molecule has 0 aromatic carbocycles. The Morgan fingerprint density at radius 2 is 1.79 bits per heavy atom. The van der Waals surface area contributed by atoms with Crippen LogP contribution < -0.4 is 5.73 Å². The summed E-state index contributed by atoms with van der Waals surface area (Å²) >= 11 is 0. The Kier molecular flexibility index (Phi) is 6.08. The highest BCUT2D eigenvalue weighted by molar-refractivity contribution is 5.72. The number of nitrogens with two attached hydrogens (primary N) is 1. The molecule has 7 fully saturated rings. The molecule has 0 aromatic rings. The number of carbonyl (C=O) groups is 1. The largest absolute Gasteiger partial charge is 0.435 e. The van der Waals surface area contributed by atoms with Gasteiger partial charge in [0.25, 0.3) is 0 Å². The summed E-state index contributed by atoms with van der Waals surface area (Å²) in [6.45, 7) is 4.56. The van der Waals surface area contributed by atoms with Gasteiger partial charge in [0.1, 0.15) is 18.3 Å². The highest BCUT2D eigenvalue weighted by atomic mass is 16.7. The molecule has 9 nitrogen and oxygen atoms in total. The van der Waals surface area contributed by atoms with E-state index < -0.39 is 30.6 Å². The van der Waals surface area contributed by atoms with E-state index in [1.165, 1.54) is 6.42 Å². The summed E-state index contributed by atoms with van der Waals surface area (Å²) in [5.41, 5.74) is 6.12. The van der Waals surface area contributed by atoms with E-state index >= 15 is 0 Å². The number of esters is 1. The van der Waals surface area contributed by atoms with Crippen molar-refractivity contribution in [2.24, 2.45) is 46.2 Å². The lowest BCUT2D eigenvalue weighted by atomic mass is 9.42. The molecular weight excluding hydrogens is 490 g/mol. The summed E-state index contributed by atoms with van der Waals surface area (Å²) in [5, 5.41) is 30.4. The highest BCUT2D eigenvalue weighted by Crippen LogP contribution is 2.74. The van der Waals surface area contributed by atoms with Gasteiger partial charge in [-0.25, -0.2) is 0 Å². The molecule has 0 radical (unpaired) electrons. The molecule has 15 atom stereocenters. The summed E-state index contributed by atoms with van der Waals surface area (Å²) in [7, 11) is 0. The van der Waals surface area contributed by atoms with Crippen molar-refractivity contribution in [1.29, 1.82) is 0 Å². The van der Waals surface area contributed by atoms with E-state index in [0.29, 0.717) is 30.1 Å². The highest BCUT2D eigenvalue weighted by Gasteiger charge is 2.74. The van der Waals surface area contributed by atoms with Gasteiger partial charge in [0.2, 0.25) is 6.29 Å². The minimum absolute atomic E-state index is 0.0569. The Morgan fingerprint density at radius 1 is 1.00 bits per heavy atom. The van der Waals surface area contributed by atoms with Gasteiger partial charge in [0.05, 0.1) is 30.8 Å². The van der Waals surface area contributed by atoms with Crippen LogP contribution in [0, 0.1) is 40.4 Å². The molecule has 4 aliphatic carbocycles. The number of fused-ring (bicyclic) bond motifs is 5. The Hall–Kier alpha value is -0.810. The SMILES string of the molecule is C[C@]12CC[C@H](O[C@@H]3O[C@@H](CO)[C@H](O)[C@@H](N)[C@H]3O)C[C@H]1CC[C@@H]1[C@@H]2CC[C@]2(C)[C@@H]3CC[C@]12O[C@H]1OC(=O)C[C@H]13. The van der Waals surface area contributed by atoms with Crippen LogP contribution in [0.25, 0.3) is 0 Å². The monoisotopic (exact) mass is 535 g/mol. The fraction of sp³-hybridized carbons (Fsp3) is 0.966. The molecule has 0 unspecified atom stereocenters. The average Bonchev–Trinajstić information content (AvgIpc) is 3.35. The second-order valence-corrected chi connectivity index (χ2v) is 14.1. The quantitative estimate of drug-likeness (QED) is 0.315. The molecule has 4 saturated carbocycles. The van der Waals surface area contributed by atoms with E-state index in [2.05, 4.69) is 13.8 Å². The Morgan fingerprint density at radius 3 is 2.58 bits per heavy atom. The van der Waals surface area contributed by atoms with Crippen LogP contribution in [0.1, 0.15) is 78.1 Å². The number of carbonyl (C=O) groups excluding carboxylic acids is 1. The second-order valence-electron chi connectivity index (χ2n) is 14.1. The zero-order valence-corrected chi connectivity index (χ0v) is 22.7. The molecule has 214 valence electrons. The fourth-order valence-electron chi connectivity index (χ4n) is 10.9. The first kappa shape index (κ1) is 26.1. The Bertz CT molecular complexity index is 963. The predicted octanol–water partition coefficient (Wildman–Crippen LogP) is 1.84. The van der Waals surface area contributed by atoms with E-state index in [0.717, 1.165) is 51.4 Å². The molecule has 3 heterocycles. The van der Waals surface area contributed by atoms with E-state index in [1.54, 1.807) is 0 Å². The average molecular weight is 536 g/mol. The molecule has 7 rings (SSSR count). The smallest absolute Gasteiger partial charge is 0.308 e. The van der Waals surface area contributed by atoms with E-state index in [4.69, 9.17) is 24.7 Å². The molecule has 0 spiro atoms. The molecule has 9 heteroatoms. The van der Waals surface area contributed by atoms with Gasteiger partial charge in [-0.1, -0.05) is 13.8 Å². The third-order valence-electron chi connectivity index (χ3n) is 12.9. The first-order valence-electron chi connectivity index (χ1n) is 15.0. The predicted molar refractivity (Wildman–Crippen MR) is 134 cm³/mol. The zero-order valence-electron chi connectivity index (χ0n) is 22.7. The zero-order chi connectivity index (χ0) is 26.6. The van der Waals surface area contributed by atoms with Gasteiger partial charge in [0.15, 0.2) is 6.29 Å². The molecule has 3 aliphatic heterocycles. The van der Waals surface area contributed by atoms with Gasteiger partial charge in [-0.05, 0) is 86.9 Å². The number of aliphatic hydroxyl groups excluding tert-OH is 3. The summed E-state index contributed by atoms with van der Waals surface area (Å²) in [4.78, 5) is 12.2. The normalized spacial score (nSPS) is 59.4. The van der Waals surface area contributed by atoms with Crippen LogP contribution in [0.2, 0.25) is 0 Å². The van der Waals surface area contributed by atoms with Crippen molar-refractivity contribution in [3.8, 4) is 0 Å². The van der Waals surface area contributed by atoms with E-state index in [-0.39, 0.29) is 47.3 Å². The summed E-state index contributed by atoms with van der Waals surface area (Å²) in [6.07, 6.45) is 5.68. The van der Waals surface area contributed by atoms with Crippen molar-refractivity contribution in [3.05, 3.63) is 0 Å². The summed E-state index contributed by atoms with van der Waals surface area (Å²) in [6, 6.07) is -0.921. The van der Waals surface area contributed by atoms with Gasteiger partial charge in [0, 0.05) is 11.3 Å². The van der Waals surface area contributed by atoms with Gasteiger partial charge in [-0.15, -0.1) is 0 Å². The van der Waals surface area contributed by atoms with Crippen molar-refractivity contribution in [2.45, 2.75) is 127 Å². The number of aliphatic hydroxyl groups is 3. The Balaban J connectivity index is 1.08. The van der Waals surface area contributed by atoms with Crippen molar-refractivity contribution in [3.63, 3.8) is 0 Å². The molecule has 5 N–H and O–H groups in total. The minimum atomic E-state index is -1.14. The van der Waals surface area contributed by atoms with Crippen LogP contribution in [0.15, 0.2) is 0 Å². The van der Waals surface area contributed by atoms with Gasteiger partial charge in [-0.2, -0.15) is 0 Å². The standard InChI is InChI=1S/C29H45NO8/c1-27-8-5-15(35-26-24(34)22(30)23(33)20(13-31)36-26)11-14(27)3-4-19-18(27)6-9-28(2)17-7-10-29(19,28)38-25-16(17)12-21(32)37-25/h14-20,22-26,31,33-34H,3-13,30H2,1-2H3/t14-,15+,16+,17-,18+,19-,20+,22-,23+,24-,25-,26-,27+,28-,29+/m1/s1. The van der Waals surface area contributed by atoms with Crippen LogP contribution >= 0.6 is 0 Å². The number of hydrogen-bond donors (Lipinski definition) is 4. The van der Waals surface area contributed by atoms with Crippen LogP contribution in [0.5, 0.6) is 0 Å². The van der Waals surface area contributed by atoms with E-state index in [9.17, 15) is 20.1 Å². The van der Waals surface area contributed by atoms with Crippen molar-refractivity contribution in [1.82, 2.24) is 0 Å². The van der Waals surface area contributed by atoms with Crippen LogP contribution in [-0.2, 0) is 23.7 Å². The molecular formula is C29H45NO8. The molecule has 2 bridgehead atoms. The van der Waals surface area contributed by atoms with Crippen molar-refractivity contribution < 1.29 is 39.1 Å². The number of ether oxygens (including phenoxy) is 4. The summed E-state index contributed by atoms with van der Waals surface area (Å²) in [5.74, 6) is 2.20. The van der Waals surface area contributed by atoms with Gasteiger partial charge < -0.3 is 40.0 Å². The molecule has 7 aliphatic rings. The van der Waals surface area contributed by atoms with Crippen molar-refractivity contribution in [2.75, 3.05) is 6.61 Å². The molecule has 0 aromatic heterocycles. The van der Waals surface area contributed by atoms with Crippen LogP contribution in [0.3, 0.4) is 0 Å². The maximum atomic E-state index is 12.2. The molecule has 3 saturated heterocycles. The molecule has 38 heavy (non-hydrogen) atoms. The lowest BCUT2D eigenvalue weighted by molar-refractivity contribution is -0.324. The van der Waals surface area contributed by atoms with Gasteiger partial charge in [-0.3, -0.25) is 4.79 Å². The topological polar surface area (TPSA) is 141 Å². The van der Waals surface area contributed by atoms with Crippen molar-refractivity contribution >= 4 is 5.97 Å². The lowest BCUT2D eigenvalue weighted by Gasteiger charge is -2.67.